The molecule has 26 heavy (non-hydrogen) atoms. The normalized spacial score (nSPS) is 17.2. The molecule has 3 nitrogen and oxygen atoms in total. The molecule has 1 aliphatic rings. The molecule has 0 saturated carbocycles. The van der Waals surface area contributed by atoms with Gasteiger partial charge in [-0.3, -0.25) is 0 Å². The van der Waals surface area contributed by atoms with E-state index in [2.05, 4.69) is 32.0 Å². The van der Waals surface area contributed by atoms with E-state index in [1.54, 1.807) is 28.7 Å². The zero-order valence-electron chi connectivity index (χ0n) is 14.1. The van der Waals surface area contributed by atoms with E-state index in [1.165, 1.54) is 17.0 Å². The SMILES string of the molecule is Fc1ccc(N2CCC(CNCc3csc(-c4cccs4)n3)C2)cc1F. The van der Waals surface area contributed by atoms with Crippen molar-refractivity contribution in [2.24, 2.45) is 5.92 Å². The molecule has 3 heterocycles. The molecule has 0 aliphatic carbocycles. The molecule has 2 aromatic heterocycles. The molecule has 1 fully saturated rings. The molecule has 1 aliphatic heterocycles. The highest BCUT2D eigenvalue weighted by Gasteiger charge is 2.23. The molecule has 1 N–H and O–H groups in total. The van der Waals surface area contributed by atoms with Crippen LogP contribution in [-0.2, 0) is 6.54 Å². The number of halogens is 2. The highest BCUT2D eigenvalue weighted by atomic mass is 32.1. The molecule has 4 rings (SSSR count). The third-order valence-corrected chi connectivity index (χ3v) is 6.51. The van der Waals surface area contributed by atoms with Crippen LogP contribution in [0.5, 0.6) is 0 Å². The molecule has 0 bridgehead atoms. The molecule has 0 spiro atoms. The summed E-state index contributed by atoms with van der Waals surface area (Å²) in [4.78, 5) is 8.00. The summed E-state index contributed by atoms with van der Waals surface area (Å²) in [6.07, 6.45) is 1.05. The Bertz CT molecular complexity index is 864. The Labute approximate surface area is 159 Å². The first kappa shape index (κ1) is 17.6. The van der Waals surface area contributed by atoms with Gasteiger partial charge in [0.15, 0.2) is 11.6 Å². The van der Waals surface area contributed by atoms with Gasteiger partial charge in [0.25, 0.3) is 0 Å². The van der Waals surface area contributed by atoms with Crippen molar-refractivity contribution < 1.29 is 8.78 Å². The Morgan fingerprint density at radius 1 is 1.19 bits per heavy atom. The Morgan fingerprint density at radius 2 is 2.12 bits per heavy atom. The summed E-state index contributed by atoms with van der Waals surface area (Å²) in [7, 11) is 0. The minimum absolute atomic E-state index is 0.499. The number of thiophene rings is 1. The number of nitrogens with zero attached hydrogens (tertiary/aromatic N) is 2. The van der Waals surface area contributed by atoms with E-state index in [9.17, 15) is 8.78 Å². The van der Waals surface area contributed by atoms with Crippen molar-refractivity contribution in [3.8, 4) is 9.88 Å². The number of benzene rings is 1. The van der Waals surface area contributed by atoms with Gasteiger partial charge < -0.3 is 10.2 Å². The summed E-state index contributed by atoms with van der Waals surface area (Å²) >= 11 is 3.38. The van der Waals surface area contributed by atoms with Crippen molar-refractivity contribution >= 4 is 28.4 Å². The molecule has 1 atom stereocenters. The second kappa shape index (κ2) is 7.82. The number of hydrogen-bond donors (Lipinski definition) is 1. The smallest absolute Gasteiger partial charge is 0.160 e. The topological polar surface area (TPSA) is 28.2 Å². The summed E-state index contributed by atoms with van der Waals surface area (Å²) in [5.41, 5.74) is 1.82. The molecule has 1 saturated heterocycles. The van der Waals surface area contributed by atoms with Gasteiger partial charge in [0.1, 0.15) is 5.01 Å². The molecule has 0 radical (unpaired) electrons. The van der Waals surface area contributed by atoms with Gasteiger partial charge in [-0.15, -0.1) is 22.7 Å². The van der Waals surface area contributed by atoms with Crippen molar-refractivity contribution in [3.63, 3.8) is 0 Å². The average molecular weight is 392 g/mol. The minimum Gasteiger partial charge on any atom is -0.371 e. The summed E-state index contributed by atoms with van der Waals surface area (Å²) in [6.45, 7) is 3.38. The predicted molar refractivity (Wildman–Crippen MR) is 104 cm³/mol. The predicted octanol–water partition coefficient (Wildman–Crippen LogP) is 4.77. The van der Waals surface area contributed by atoms with Crippen LogP contribution >= 0.6 is 22.7 Å². The van der Waals surface area contributed by atoms with Crippen LogP contribution in [-0.4, -0.2) is 24.6 Å². The molecule has 136 valence electrons. The van der Waals surface area contributed by atoms with Crippen LogP contribution in [0.4, 0.5) is 14.5 Å². The van der Waals surface area contributed by atoms with Crippen LogP contribution < -0.4 is 10.2 Å². The molecule has 1 aromatic carbocycles. The van der Waals surface area contributed by atoms with Gasteiger partial charge in [-0.1, -0.05) is 6.07 Å². The average Bonchev–Trinajstić information content (AvgIpc) is 3.38. The van der Waals surface area contributed by atoms with Crippen molar-refractivity contribution in [3.05, 3.63) is 58.4 Å². The highest BCUT2D eigenvalue weighted by molar-refractivity contribution is 7.20. The van der Waals surface area contributed by atoms with Gasteiger partial charge in [-0.2, -0.15) is 0 Å². The van der Waals surface area contributed by atoms with Crippen molar-refractivity contribution in [1.82, 2.24) is 10.3 Å². The van der Waals surface area contributed by atoms with Crippen molar-refractivity contribution in [2.75, 3.05) is 24.5 Å². The lowest BCUT2D eigenvalue weighted by Crippen LogP contribution is -2.26. The Hall–Kier alpha value is -1.83. The summed E-state index contributed by atoms with van der Waals surface area (Å²) in [5, 5.41) is 8.72. The zero-order chi connectivity index (χ0) is 17.9. The molecule has 1 unspecified atom stereocenters. The zero-order valence-corrected chi connectivity index (χ0v) is 15.8. The van der Waals surface area contributed by atoms with Gasteiger partial charge >= 0.3 is 0 Å². The van der Waals surface area contributed by atoms with Crippen LogP contribution in [0.25, 0.3) is 9.88 Å². The summed E-state index contributed by atoms with van der Waals surface area (Å²) < 4.78 is 26.5. The summed E-state index contributed by atoms with van der Waals surface area (Å²) in [5.74, 6) is -1.08. The number of anilines is 1. The third-order valence-electron chi connectivity index (χ3n) is 4.58. The fourth-order valence-electron chi connectivity index (χ4n) is 3.22. The summed E-state index contributed by atoms with van der Waals surface area (Å²) in [6, 6.07) is 8.26. The number of aromatic nitrogens is 1. The standard InChI is InChI=1S/C19H19F2N3S2/c20-16-4-3-15(8-17(16)21)24-6-5-13(11-24)9-22-10-14-12-26-19(23-14)18-2-1-7-25-18/h1-4,7-8,12-13,22H,5-6,9-11H2. The first-order valence-corrected chi connectivity index (χ1v) is 10.3. The van der Waals surface area contributed by atoms with Crippen LogP contribution in [0, 0.1) is 17.6 Å². The number of rotatable bonds is 6. The molecule has 3 aromatic rings. The number of nitrogens with one attached hydrogen (secondary N) is 1. The Kier molecular flexibility index (Phi) is 5.28. The van der Waals surface area contributed by atoms with Crippen LogP contribution in [0.2, 0.25) is 0 Å². The number of thiazole rings is 1. The van der Waals surface area contributed by atoms with E-state index in [0.717, 1.165) is 49.0 Å². The third kappa shape index (κ3) is 3.95. The molecule has 7 heteroatoms. The van der Waals surface area contributed by atoms with E-state index in [-0.39, 0.29) is 0 Å². The van der Waals surface area contributed by atoms with Crippen LogP contribution in [0.1, 0.15) is 12.1 Å². The second-order valence-electron chi connectivity index (χ2n) is 6.45. The monoisotopic (exact) mass is 391 g/mol. The lowest BCUT2D eigenvalue weighted by Gasteiger charge is -2.19. The largest absolute Gasteiger partial charge is 0.371 e. The lowest BCUT2D eigenvalue weighted by molar-refractivity contribution is 0.507. The Morgan fingerprint density at radius 3 is 2.92 bits per heavy atom. The van der Waals surface area contributed by atoms with Crippen molar-refractivity contribution in [2.45, 2.75) is 13.0 Å². The van der Waals surface area contributed by atoms with Gasteiger partial charge in [-0.05, 0) is 35.9 Å². The van der Waals surface area contributed by atoms with Gasteiger partial charge in [0, 0.05) is 43.3 Å². The maximum atomic E-state index is 13.4. The quantitative estimate of drug-likeness (QED) is 0.656. The molecular formula is C19H19F2N3S2. The van der Waals surface area contributed by atoms with E-state index < -0.39 is 11.6 Å². The number of hydrogen-bond acceptors (Lipinski definition) is 5. The second-order valence-corrected chi connectivity index (χ2v) is 8.26. The minimum atomic E-state index is -0.795. The van der Waals surface area contributed by atoms with Crippen LogP contribution in [0.15, 0.2) is 41.1 Å². The maximum absolute atomic E-state index is 13.4. The van der Waals surface area contributed by atoms with Gasteiger partial charge in [0.05, 0.1) is 10.6 Å². The van der Waals surface area contributed by atoms with Gasteiger partial charge in [-0.25, -0.2) is 13.8 Å². The Balaban J connectivity index is 1.26. The highest BCUT2D eigenvalue weighted by Crippen LogP contribution is 2.28. The van der Waals surface area contributed by atoms with E-state index in [1.807, 2.05) is 6.07 Å². The molecule has 0 amide bonds. The molecular weight excluding hydrogens is 372 g/mol. The fraction of sp³-hybridized carbons (Fsp3) is 0.316. The van der Waals surface area contributed by atoms with Gasteiger partial charge in [0.2, 0.25) is 0 Å². The van der Waals surface area contributed by atoms with E-state index in [0.29, 0.717) is 5.92 Å². The maximum Gasteiger partial charge on any atom is 0.160 e. The van der Waals surface area contributed by atoms with Crippen LogP contribution in [0.3, 0.4) is 0 Å². The lowest BCUT2D eigenvalue weighted by atomic mass is 10.1. The first-order valence-electron chi connectivity index (χ1n) is 8.58. The van der Waals surface area contributed by atoms with Crippen molar-refractivity contribution in [1.29, 1.82) is 0 Å². The first-order chi connectivity index (χ1) is 12.7. The van der Waals surface area contributed by atoms with E-state index >= 15 is 0 Å². The van der Waals surface area contributed by atoms with E-state index in [4.69, 9.17) is 0 Å². The fourth-order valence-corrected chi connectivity index (χ4v) is 4.86.